The Balaban J connectivity index is 1.17. The second kappa shape index (κ2) is 10.5. The van der Waals surface area contributed by atoms with Crippen molar-refractivity contribution in [3.8, 4) is 11.5 Å². The fourth-order valence-corrected chi connectivity index (χ4v) is 7.38. The van der Waals surface area contributed by atoms with Gasteiger partial charge in [0.15, 0.2) is 11.5 Å². The first-order valence-corrected chi connectivity index (χ1v) is 14.5. The second-order valence-corrected chi connectivity index (χ2v) is 11.8. The van der Waals surface area contributed by atoms with E-state index in [1.807, 2.05) is 24.3 Å². The van der Waals surface area contributed by atoms with Crippen molar-refractivity contribution in [3.63, 3.8) is 0 Å². The van der Waals surface area contributed by atoms with Crippen LogP contribution in [0, 0.1) is 11.8 Å². The van der Waals surface area contributed by atoms with Gasteiger partial charge < -0.3 is 9.47 Å². The molecule has 1 aliphatic heterocycles. The van der Waals surface area contributed by atoms with E-state index in [1.54, 1.807) is 30.3 Å². The summed E-state index contributed by atoms with van der Waals surface area (Å²) in [5.74, 6) is -1.28. The van der Waals surface area contributed by atoms with Crippen LogP contribution in [0.1, 0.15) is 45.2 Å². The molecule has 1 fully saturated rings. The zero-order valence-corrected chi connectivity index (χ0v) is 24.5. The maximum atomic E-state index is 13.8. The molecule has 3 aliphatic carbocycles. The number of nitrogens with zero attached hydrogens (tertiary/aromatic N) is 2. The van der Waals surface area contributed by atoms with Crippen LogP contribution in [0.4, 0.5) is 0 Å². The van der Waals surface area contributed by atoms with Crippen LogP contribution in [0.15, 0.2) is 84.0 Å². The fourth-order valence-electron chi connectivity index (χ4n) is 6.64. The largest absolute Gasteiger partial charge is 0.493 e. The normalized spacial score (nSPS) is 21.9. The average molecular weight is 618 g/mol. The van der Waals surface area contributed by atoms with Crippen molar-refractivity contribution >= 4 is 52.8 Å². The Kier molecular flexibility index (Phi) is 6.73. The molecule has 4 aromatic rings. The molecule has 2 amide bonds. The highest BCUT2D eigenvalue weighted by Gasteiger charge is 2.61. The second-order valence-electron chi connectivity index (χ2n) is 10.6. The summed E-state index contributed by atoms with van der Waals surface area (Å²) in [4.78, 5) is 27.6. The van der Waals surface area contributed by atoms with Crippen LogP contribution in [0.3, 0.4) is 0 Å². The van der Waals surface area contributed by atoms with Crippen LogP contribution in [0.5, 0.6) is 11.5 Å². The number of methoxy groups -OCH3 is 1. The number of carbonyl (C=O) groups excluding carboxylic acids is 2. The van der Waals surface area contributed by atoms with Gasteiger partial charge in [-0.25, -0.2) is 0 Å². The van der Waals surface area contributed by atoms with Gasteiger partial charge in [-0.05, 0) is 52.1 Å². The predicted molar refractivity (Wildman–Crippen MR) is 162 cm³/mol. The molecule has 1 heterocycles. The van der Waals surface area contributed by atoms with Gasteiger partial charge in [-0.1, -0.05) is 89.4 Å². The fraction of sp³-hybridized carbons (Fsp3) is 0.182. The van der Waals surface area contributed by atoms with E-state index in [-0.39, 0.29) is 35.3 Å². The lowest BCUT2D eigenvalue weighted by atomic mass is 9.55. The molecule has 8 rings (SSSR count). The Morgan fingerprint density at radius 2 is 1.36 bits per heavy atom. The monoisotopic (exact) mass is 616 g/mol. The first-order valence-electron chi connectivity index (χ1n) is 13.4. The third-order valence-corrected chi connectivity index (χ3v) is 9.25. The van der Waals surface area contributed by atoms with Crippen molar-refractivity contribution in [2.24, 2.45) is 16.9 Å². The highest BCUT2D eigenvalue weighted by Crippen LogP contribution is 2.61. The van der Waals surface area contributed by atoms with Gasteiger partial charge >= 0.3 is 0 Å². The number of hydrogen-bond acceptors (Lipinski definition) is 5. The van der Waals surface area contributed by atoms with Gasteiger partial charge in [0.25, 0.3) is 11.8 Å². The number of imide groups is 1. The first kappa shape index (κ1) is 27.0. The van der Waals surface area contributed by atoms with Crippen LogP contribution in [0.25, 0.3) is 0 Å². The van der Waals surface area contributed by atoms with Crippen molar-refractivity contribution in [3.05, 3.63) is 127 Å². The number of ether oxygens (including phenoxy) is 2. The minimum Gasteiger partial charge on any atom is -0.493 e. The van der Waals surface area contributed by atoms with E-state index in [9.17, 15) is 9.59 Å². The lowest BCUT2D eigenvalue weighted by Crippen LogP contribution is -2.41. The van der Waals surface area contributed by atoms with Crippen molar-refractivity contribution < 1.29 is 19.1 Å². The third-order valence-electron chi connectivity index (χ3n) is 8.39. The molecule has 210 valence electrons. The molecule has 4 aliphatic rings. The van der Waals surface area contributed by atoms with E-state index < -0.39 is 11.8 Å². The van der Waals surface area contributed by atoms with Gasteiger partial charge in [0.1, 0.15) is 6.61 Å². The van der Waals surface area contributed by atoms with Crippen molar-refractivity contribution in [1.29, 1.82) is 0 Å². The molecule has 2 atom stereocenters. The number of hydrazone groups is 1. The summed E-state index contributed by atoms with van der Waals surface area (Å²) in [6, 6.07) is 24.7. The summed E-state index contributed by atoms with van der Waals surface area (Å²) in [6.07, 6.45) is 1.45. The van der Waals surface area contributed by atoms with Crippen molar-refractivity contribution in [2.75, 3.05) is 7.11 Å². The van der Waals surface area contributed by atoms with Gasteiger partial charge in [0.2, 0.25) is 0 Å². The van der Waals surface area contributed by atoms with E-state index in [0.717, 1.165) is 32.8 Å². The molecular weight excluding hydrogens is 595 g/mol. The molecule has 1 saturated heterocycles. The van der Waals surface area contributed by atoms with Crippen LogP contribution >= 0.6 is 34.8 Å². The number of rotatable bonds is 6. The summed E-state index contributed by atoms with van der Waals surface area (Å²) in [5.41, 5.74) is 5.72. The summed E-state index contributed by atoms with van der Waals surface area (Å²) in [5, 5.41) is 6.69. The Morgan fingerprint density at radius 3 is 1.88 bits per heavy atom. The van der Waals surface area contributed by atoms with Gasteiger partial charge in [-0.3, -0.25) is 9.59 Å². The summed E-state index contributed by atoms with van der Waals surface area (Å²) in [7, 11) is 1.50. The van der Waals surface area contributed by atoms with Crippen LogP contribution < -0.4 is 9.47 Å². The molecule has 0 spiro atoms. The minimum absolute atomic E-state index is 0.145. The highest BCUT2D eigenvalue weighted by atomic mass is 35.5. The van der Waals surface area contributed by atoms with Gasteiger partial charge in [-0.15, -0.1) is 0 Å². The van der Waals surface area contributed by atoms with Crippen molar-refractivity contribution in [2.45, 2.75) is 18.4 Å². The smallest absolute Gasteiger partial charge is 0.254 e. The molecule has 0 N–H and O–H groups in total. The predicted octanol–water partition coefficient (Wildman–Crippen LogP) is 7.46. The Labute approximate surface area is 257 Å². The summed E-state index contributed by atoms with van der Waals surface area (Å²) < 4.78 is 11.5. The Morgan fingerprint density at radius 1 is 0.786 bits per heavy atom. The SMILES string of the molecule is COc1cc(/C=N\N2C(=O)[C@H]3C4c5ccccc5C(c5ccccc54)[C@@H]3C2=O)cc(Cl)c1OCc1ccc(Cl)cc1Cl. The number of hydrogen-bond donors (Lipinski definition) is 0. The molecular formula is C33H23Cl3N2O4. The molecule has 9 heteroatoms. The molecule has 6 nitrogen and oxygen atoms in total. The molecule has 0 unspecified atom stereocenters. The van der Waals surface area contributed by atoms with E-state index in [1.165, 1.54) is 13.3 Å². The highest BCUT2D eigenvalue weighted by molar-refractivity contribution is 6.35. The van der Waals surface area contributed by atoms with Crippen LogP contribution in [0.2, 0.25) is 15.1 Å². The molecule has 0 radical (unpaired) electrons. The lowest BCUT2D eigenvalue weighted by molar-refractivity contribution is -0.139. The number of halogens is 3. The Bertz CT molecular complexity index is 1690. The van der Waals surface area contributed by atoms with Gasteiger partial charge in [-0.2, -0.15) is 10.1 Å². The van der Waals surface area contributed by atoms with E-state index in [2.05, 4.69) is 29.4 Å². The zero-order valence-electron chi connectivity index (χ0n) is 22.3. The van der Waals surface area contributed by atoms with E-state index in [4.69, 9.17) is 44.3 Å². The van der Waals surface area contributed by atoms with Crippen LogP contribution in [-0.4, -0.2) is 30.1 Å². The molecule has 0 saturated carbocycles. The maximum Gasteiger partial charge on any atom is 0.254 e. The average Bonchev–Trinajstić information content (AvgIpc) is 3.25. The molecule has 4 aromatic carbocycles. The van der Waals surface area contributed by atoms with Crippen molar-refractivity contribution in [1.82, 2.24) is 5.01 Å². The van der Waals surface area contributed by atoms with Gasteiger partial charge in [0, 0.05) is 27.4 Å². The topological polar surface area (TPSA) is 68.2 Å². The van der Waals surface area contributed by atoms with Crippen LogP contribution in [-0.2, 0) is 16.2 Å². The zero-order chi connectivity index (χ0) is 29.1. The number of carbonyl (C=O) groups is 2. The quantitative estimate of drug-likeness (QED) is 0.166. The minimum atomic E-state index is -0.502. The summed E-state index contributed by atoms with van der Waals surface area (Å²) >= 11 is 18.8. The Hall–Kier alpha value is -3.84. The van der Waals surface area contributed by atoms with Gasteiger partial charge in [0.05, 0.1) is 30.2 Å². The molecule has 2 bridgehead atoms. The standard InChI is InChI=1S/C33H23Cl3N2O4/c1-41-26-13-17(12-25(36)31(26)42-16-18-10-11-19(34)14-24(18)35)15-37-38-32(39)29-27-20-6-2-3-7-21(20)28(30(29)33(38)40)23-9-5-4-8-22(23)27/h2-15,27-30H,16H2,1H3/b37-15-/t27?,28?,29-,30-/m0/s1. The lowest BCUT2D eigenvalue weighted by Gasteiger charge is -2.45. The molecule has 0 aromatic heterocycles. The summed E-state index contributed by atoms with van der Waals surface area (Å²) in [6.45, 7) is 0.145. The van der Waals surface area contributed by atoms with E-state index in [0.29, 0.717) is 27.1 Å². The number of benzene rings is 4. The maximum absolute atomic E-state index is 13.8. The molecule has 42 heavy (non-hydrogen) atoms. The third kappa shape index (κ3) is 4.20. The first-order chi connectivity index (χ1) is 20.4. The van der Waals surface area contributed by atoms with E-state index >= 15 is 0 Å². The number of amides is 2.